The van der Waals surface area contributed by atoms with Crippen LogP contribution in [0.15, 0.2) is 54.6 Å². The molecule has 4 atom stereocenters. The van der Waals surface area contributed by atoms with Gasteiger partial charge in [-0.05, 0) is 43.0 Å². The Labute approximate surface area is 178 Å². The van der Waals surface area contributed by atoms with Gasteiger partial charge in [-0.1, -0.05) is 69.5 Å². The SMILES string of the molecule is CCCC[C@@H](CC)[C@@H]1[C@H]2C(=O)N(c3ccccc3C)C(=O)[C@H]2ON1c1ccccc1. The molecule has 2 amide bonds. The summed E-state index contributed by atoms with van der Waals surface area (Å²) in [4.78, 5) is 34.6. The Morgan fingerprint density at radius 1 is 0.967 bits per heavy atom. The molecule has 0 aromatic heterocycles. The molecule has 2 saturated heterocycles. The summed E-state index contributed by atoms with van der Waals surface area (Å²) in [6.45, 7) is 6.27. The van der Waals surface area contributed by atoms with E-state index in [4.69, 9.17) is 4.84 Å². The van der Waals surface area contributed by atoms with E-state index >= 15 is 0 Å². The number of unbranched alkanes of at least 4 members (excludes halogenated alkanes) is 1. The van der Waals surface area contributed by atoms with Crippen molar-refractivity contribution in [2.45, 2.75) is 58.6 Å². The fourth-order valence-electron chi connectivity index (χ4n) is 4.87. The number of hydrogen-bond donors (Lipinski definition) is 0. The Morgan fingerprint density at radius 2 is 1.67 bits per heavy atom. The second-order valence-corrected chi connectivity index (χ2v) is 8.31. The minimum Gasteiger partial charge on any atom is -0.273 e. The molecular formula is C25H30N2O3. The number of carbonyl (C=O) groups is 2. The number of rotatable bonds is 7. The minimum absolute atomic E-state index is 0.141. The predicted molar refractivity (Wildman–Crippen MR) is 118 cm³/mol. The van der Waals surface area contributed by atoms with Gasteiger partial charge >= 0.3 is 0 Å². The van der Waals surface area contributed by atoms with Crippen molar-refractivity contribution in [2.24, 2.45) is 11.8 Å². The van der Waals surface area contributed by atoms with E-state index in [9.17, 15) is 9.59 Å². The molecule has 5 heteroatoms. The maximum Gasteiger partial charge on any atom is 0.266 e. The van der Waals surface area contributed by atoms with E-state index in [-0.39, 0.29) is 23.8 Å². The molecular weight excluding hydrogens is 376 g/mol. The molecule has 0 N–H and O–H groups in total. The zero-order valence-corrected chi connectivity index (χ0v) is 18.0. The summed E-state index contributed by atoms with van der Waals surface area (Å²) in [5, 5.41) is 1.85. The second kappa shape index (κ2) is 8.60. The van der Waals surface area contributed by atoms with Crippen LogP contribution in [-0.4, -0.2) is 24.0 Å². The first-order valence-electron chi connectivity index (χ1n) is 11.0. The lowest BCUT2D eigenvalue weighted by Gasteiger charge is -2.34. The third kappa shape index (κ3) is 3.41. The number of fused-ring (bicyclic) bond motifs is 1. The van der Waals surface area contributed by atoms with Gasteiger partial charge in [0.05, 0.1) is 23.3 Å². The van der Waals surface area contributed by atoms with Crippen molar-refractivity contribution < 1.29 is 14.4 Å². The monoisotopic (exact) mass is 406 g/mol. The number of carbonyl (C=O) groups excluding carboxylic acids is 2. The number of anilines is 2. The molecule has 158 valence electrons. The van der Waals surface area contributed by atoms with E-state index in [1.54, 1.807) is 0 Å². The number of amides is 2. The quantitative estimate of drug-likeness (QED) is 0.614. The molecule has 2 aromatic rings. The van der Waals surface area contributed by atoms with Gasteiger partial charge in [-0.3, -0.25) is 14.4 Å². The van der Waals surface area contributed by atoms with Gasteiger partial charge in [-0.2, -0.15) is 0 Å². The Kier molecular flexibility index (Phi) is 5.91. The number of imide groups is 1. The van der Waals surface area contributed by atoms with Crippen molar-refractivity contribution in [3.8, 4) is 0 Å². The van der Waals surface area contributed by atoms with Crippen molar-refractivity contribution in [1.82, 2.24) is 0 Å². The highest BCUT2D eigenvalue weighted by molar-refractivity contribution is 6.24. The summed E-state index contributed by atoms with van der Waals surface area (Å²) in [5.41, 5.74) is 2.47. The number of benzene rings is 2. The summed E-state index contributed by atoms with van der Waals surface area (Å²) in [6, 6.07) is 17.2. The number of para-hydroxylation sites is 2. The zero-order valence-electron chi connectivity index (χ0n) is 18.0. The van der Waals surface area contributed by atoms with Gasteiger partial charge in [-0.25, -0.2) is 9.96 Å². The van der Waals surface area contributed by atoms with Gasteiger partial charge in [0, 0.05) is 0 Å². The first-order chi connectivity index (χ1) is 14.6. The maximum atomic E-state index is 13.6. The lowest BCUT2D eigenvalue weighted by molar-refractivity contribution is -0.126. The molecule has 2 fully saturated rings. The highest BCUT2D eigenvalue weighted by Crippen LogP contribution is 2.44. The summed E-state index contributed by atoms with van der Waals surface area (Å²) < 4.78 is 0. The van der Waals surface area contributed by atoms with E-state index in [0.717, 1.165) is 36.9 Å². The van der Waals surface area contributed by atoms with E-state index < -0.39 is 12.0 Å². The molecule has 2 heterocycles. The van der Waals surface area contributed by atoms with Gasteiger partial charge in [0.2, 0.25) is 5.91 Å². The highest BCUT2D eigenvalue weighted by atomic mass is 16.7. The van der Waals surface area contributed by atoms with E-state index in [0.29, 0.717) is 5.69 Å². The van der Waals surface area contributed by atoms with Crippen LogP contribution in [0.1, 0.15) is 45.1 Å². The highest BCUT2D eigenvalue weighted by Gasteiger charge is 2.61. The Bertz CT molecular complexity index is 914. The van der Waals surface area contributed by atoms with E-state index in [1.165, 1.54) is 4.90 Å². The number of aryl methyl sites for hydroxylation is 1. The van der Waals surface area contributed by atoms with Gasteiger partial charge in [0.25, 0.3) is 5.91 Å². The smallest absolute Gasteiger partial charge is 0.266 e. The van der Waals surface area contributed by atoms with Crippen LogP contribution in [0.3, 0.4) is 0 Å². The Morgan fingerprint density at radius 3 is 2.33 bits per heavy atom. The van der Waals surface area contributed by atoms with Gasteiger partial charge in [0.1, 0.15) is 0 Å². The maximum absolute atomic E-state index is 13.6. The van der Waals surface area contributed by atoms with Crippen molar-refractivity contribution in [1.29, 1.82) is 0 Å². The molecule has 30 heavy (non-hydrogen) atoms. The normalized spacial score (nSPS) is 24.4. The average Bonchev–Trinajstić information content (AvgIpc) is 3.27. The molecule has 0 bridgehead atoms. The Hall–Kier alpha value is -2.66. The number of nitrogens with zero attached hydrogens (tertiary/aromatic N) is 2. The fraction of sp³-hybridized carbons (Fsp3) is 0.440. The van der Waals surface area contributed by atoms with Crippen LogP contribution in [-0.2, 0) is 14.4 Å². The summed E-state index contributed by atoms with van der Waals surface area (Å²) >= 11 is 0. The van der Waals surface area contributed by atoms with Crippen LogP contribution in [0.2, 0.25) is 0 Å². The van der Waals surface area contributed by atoms with Crippen LogP contribution in [0, 0.1) is 18.8 Å². The molecule has 0 radical (unpaired) electrons. The molecule has 2 aliphatic heterocycles. The molecule has 5 nitrogen and oxygen atoms in total. The lowest BCUT2D eigenvalue weighted by Crippen LogP contribution is -2.44. The van der Waals surface area contributed by atoms with Gasteiger partial charge < -0.3 is 0 Å². The van der Waals surface area contributed by atoms with Crippen molar-refractivity contribution in [2.75, 3.05) is 9.96 Å². The standard InChI is InChI=1S/C25H30N2O3/c1-4-6-13-18(5-2)22-21-23(30-27(22)19-14-8-7-9-15-19)25(29)26(24(21)28)20-16-11-10-12-17(20)3/h7-12,14-16,18,21-23H,4-6,13H2,1-3H3/t18-,21-,22-,23+/m1/s1. The molecule has 0 spiro atoms. The van der Waals surface area contributed by atoms with E-state index in [2.05, 4.69) is 13.8 Å². The van der Waals surface area contributed by atoms with Crippen molar-refractivity contribution in [3.05, 3.63) is 60.2 Å². The number of hydrogen-bond acceptors (Lipinski definition) is 4. The zero-order chi connectivity index (χ0) is 21.3. The third-order valence-corrected chi connectivity index (χ3v) is 6.46. The number of hydroxylamine groups is 1. The molecule has 2 aromatic carbocycles. The van der Waals surface area contributed by atoms with Crippen LogP contribution in [0.5, 0.6) is 0 Å². The summed E-state index contributed by atoms with van der Waals surface area (Å²) in [6.07, 6.45) is 3.38. The molecule has 4 rings (SSSR count). The first kappa shape index (κ1) is 20.6. The van der Waals surface area contributed by atoms with Crippen LogP contribution < -0.4 is 9.96 Å². The lowest BCUT2D eigenvalue weighted by atomic mass is 9.82. The first-order valence-corrected chi connectivity index (χ1v) is 11.0. The largest absolute Gasteiger partial charge is 0.273 e. The topological polar surface area (TPSA) is 49.9 Å². The molecule has 0 unspecified atom stereocenters. The van der Waals surface area contributed by atoms with Crippen molar-refractivity contribution in [3.63, 3.8) is 0 Å². The summed E-state index contributed by atoms with van der Waals surface area (Å²) in [5.74, 6) is -0.612. The second-order valence-electron chi connectivity index (χ2n) is 8.31. The van der Waals surface area contributed by atoms with E-state index in [1.807, 2.05) is 66.6 Å². The third-order valence-electron chi connectivity index (χ3n) is 6.46. The minimum atomic E-state index is -0.766. The van der Waals surface area contributed by atoms with Crippen LogP contribution >= 0.6 is 0 Å². The van der Waals surface area contributed by atoms with Gasteiger partial charge in [-0.15, -0.1) is 0 Å². The average molecular weight is 407 g/mol. The van der Waals surface area contributed by atoms with Crippen LogP contribution in [0.4, 0.5) is 11.4 Å². The van der Waals surface area contributed by atoms with Gasteiger partial charge in [0.15, 0.2) is 6.10 Å². The molecule has 2 aliphatic rings. The molecule has 0 aliphatic carbocycles. The predicted octanol–water partition coefficient (Wildman–Crippen LogP) is 4.89. The fourth-order valence-corrected chi connectivity index (χ4v) is 4.87. The molecule has 0 saturated carbocycles. The Balaban J connectivity index is 1.73. The summed E-state index contributed by atoms with van der Waals surface area (Å²) in [7, 11) is 0. The van der Waals surface area contributed by atoms with Crippen molar-refractivity contribution >= 4 is 23.2 Å². The van der Waals surface area contributed by atoms with Crippen LogP contribution in [0.25, 0.3) is 0 Å².